The van der Waals surface area contributed by atoms with E-state index < -0.39 is 0 Å². The predicted octanol–water partition coefficient (Wildman–Crippen LogP) is 2.19. The quantitative estimate of drug-likeness (QED) is 0.489. The van der Waals surface area contributed by atoms with E-state index >= 15 is 0 Å². The molecule has 1 heterocycles. The average molecular weight is 340 g/mol. The van der Waals surface area contributed by atoms with Gasteiger partial charge in [0.15, 0.2) is 0 Å². The summed E-state index contributed by atoms with van der Waals surface area (Å²) in [5, 5.41) is 2.60. The maximum absolute atomic E-state index is 5.28. The molecular weight excluding hydrogens is 326 g/mol. The number of ether oxygens (including phenoxy) is 1. The Morgan fingerprint density at radius 2 is 2.00 bits per heavy atom. The molecule has 0 aliphatic rings. The van der Waals surface area contributed by atoms with Gasteiger partial charge in [-0.15, -0.1) is 0 Å². The van der Waals surface area contributed by atoms with Gasteiger partial charge in [-0.2, -0.15) is 0 Å². The Morgan fingerprint density at radius 1 is 1.18 bits per heavy atom. The molecule has 0 saturated carbocycles. The molecule has 1 aromatic heterocycles. The molecule has 3 aromatic rings. The van der Waals surface area contributed by atoms with Gasteiger partial charge in [0.1, 0.15) is 0 Å². The number of hydrogen-bond acceptors (Lipinski definition) is 1. The molecule has 0 amide bonds. The predicted molar refractivity (Wildman–Crippen MR) is 70.9 cm³/mol. The number of hydrogen-bond donors (Lipinski definition) is 0. The molecule has 0 unspecified atom stereocenters. The third-order valence-corrected chi connectivity index (χ3v) is 6.42. The standard InChI is InChI=1S/C14H14NOTe/c1-9-15(2)14-12-6-5-11(16-3)8-10(12)4-7-13(14)17-9/h4-8H,1-3H3/q+1. The zero-order valence-corrected chi connectivity index (χ0v) is 12.5. The van der Waals surface area contributed by atoms with Gasteiger partial charge < -0.3 is 0 Å². The molecule has 0 aliphatic heterocycles. The summed E-state index contributed by atoms with van der Waals surface area (Å²) in [5.41, 5.74) is 1.41. The summed E-state index contributed by atoms with van der Waals surface area (Å²) in [4.78, 5) is 0. The van der Waals surface area contributed by atoms with Crippen LogP contribution in [0.5, 0.6) is 5.75 Å². The third kappa shape index (κ3) is 1.66. The first kappa shape index (κ1) is 11.1. The molecule has 0 aliphatic carbocycles. The fourth-order valence-electron chi connectivity index (χ4n) is 2.21. The minimum atomic E-state index is -0.141. The summed E-state index contributed by atoms with van der Waals surface area (Å²) in [6, 6.07) is 10.8. The Labute approximate surface area is 110 Å². The second kappa shape index (κ2) is 4.01. The van der Waals surface area contributed by atoms with Crippen LogP contribution in [0.15, 0.2) is 30.3 Å². The molecule has 2 aromatic carbocycles. The molecule has 3 heteroatoms. The van der Waals surface area contributed by atoms with E-state index in [9.17, 15) is 0 Å². The van der Waals surface area contributed by atoms with Crippen molar-refractivity contribution in [3.8, 4) is 5.75 Å². The Morgan fingerprint density at radius 3 is 2.76 bits per heavy atom. The Balaban J connectivity index is 2.47. The molecule has 3 rings (SSSR count). The first-order valence-corrected chi connectivity index (χ1v) is 7.89. The first-order chi connectivity index (χ1) is 8.20. The fourth-order valence-corrected chi connectivity index (χ4v) is 5.14. The molecule has 0 saturated heterocycles. The Hall–Kier alpha value is -1.04. The van der Waals surface area contributed by atoms with E-state index in [0.717, 1.165) is 5.75 Å². The van der Waals surface area contributed by atoms with Gasteiger partial charge in [0.2, 0.25) is 0 Å². The van der Waals surface area contributed by atoms with Crippen LogP contribution in [0.25, 0.3) is 19.7 Å². The van der Waals surface area contributed by atoms with Gasteiger partial charge in [-0.1, -0.05) is 0 Å². The second-order valence-electron chi connectivity index (χ2n) is 4.18. The van der Waals surface area contributed by atoms with Gasteiger partial charge in [0.25, 0.3) is 0 Å². The summed E-state index contributed by atoms with van der Waals surface area (Å²) >= 11 is -0.141. The molecule has 0 atom stereocenters. The van der Waals surface area contributed by atoms with Gasteiger partial charge in [0.05, 0.1) is 0 Å². The number of rotatable bonds is 1. The van der Waals surface area contributed by atoms with Crippen LogP contribution in [-0.2, 0) is 7.05 Å². The van der Waals surface area contributed by atoms with Crippen LogP contribution in [0.3, 0.4) is 0 Å². The van der Waals surface area contributed by atoms with Crippen LogP contribution >= 0.6 is 0 Å². The maximum atomic E-state index is 5.28. The zero-order chi connectivity index (χ0) is 12.0. The third-order valence-electron chi connectivity index (χ3n) is 3.23. The number of aryl methyl sites for hydroxylation is 2. The molecule has 0 bridgehead atoms. The van der Waals surface area contributed by atoms with Gasteiger partial charge in [-0.25, -0.2) is 0 Å². The fraction of sp³-hybridized carbons (Fsp3) is 0.214. The molecule has 0 spiro atoms. The molecule has 86 valence electrons. The Bertz CT molecular complexity index is 715. The monoisotopic (exact) mass is 342 g/mol. The number of fused-ring (bicyclic) bond motifs is 3. The molecule has 0 fully saturated rings. The van der Waals surface area contributed by atoms with Gasteiger partial charge in [-0.3, -0.25) is 0 Å². The summed E-state index contributed by atoms with van der Waals surface area (Å²) in [6.07, 6.45) is 0. The number of methoxy groups -OCH3 is 1. The van der Waals surface area contributed by atoms with Crippen LogP contribution in [0.4, 0.5) is 0 Å². The number of benzene rings is 2. The number of nitrogens with zero attached hydrogens (tertiary/aromatic N) is 1. The summed E-state index contributed by atoms with van der Waals surface area (Å²) in [5.74, 6) is 0.926. The van der Waals surface area contributed by atoms with Crippen LogP contribution in [0.1, 0.15) is 3.71 Å². The van der Waals surface area contributed by atoms with Crippen molar-refractivity contribution < 1.29 is 9.30 Å². The minimum absolute atomic E-state index is 0.141. The van der Waals surface area contributed by atoms with E-state index in [0.29, 0.717) is 0 Å². The topological polar surface area (TPSA) is 13.1 Å². The van der Waals surface area contributed by atoms with Crippen molar-refractivity contribution in [2.24, 2.45) is 7.05 Å². The van der Waals surface area contributed by atoms with Gasteiger partial charge in [0, 0.05) is 0 Å². The Kier molecular flexibility index (Phi) is 2.61. The normalized spacial score (nSPS) is 11.2. The molecule has 2 nitrogen and oxygen atoms in total. The van der Waals surface area contributed by atoms with Crippen molar-refractivity contribution in [3.63, 3.8) is 0 Å². The number of aromatic nitrogens is 1. The molecule has 0 N–H and O–H groups in total. The van der Waals surface area contributed by atoms with Crippen LogP contribution in [0, 0.1) is 6.92 Å². The van der Waals surface area contributed by atoms with Crippen LogP contribution < -0.4 is 9.30 Å². The molecule has 0 radical (unpaired) electrons. The van der Waals surface area contributed by atoms with E-state index in [1.165, 1.54) is 20.0 Å². The molecular formula is C14H14NOTe+. The molecule has 17 heavy (non-hydrogen) atoms. The van der Waals surface area contributed by atoms with Crippen molar-refractivity contribution in [2.45, 2.75) is 6.92 Å². The van der Waals surface area contributed by atoms with Crippen molar-refractivity contribution in [3.05, 3.63) is 34.0 Å². The van der Waals surface area contributed by atoms with Crippen LogP contribution in [-0.4, -0.2) is 27.5 Å². The SMILES string of the molecule is COc1ccc2c(ccc3[te]c(C)[n+](C)c32)c1. The zero-order valence-electron chi connectivity index (χ0n) is 10.2. The van der Waals surface area contributed by atoms with E-state index in [1.54, 1.807) is 10.5 Å². The van der Waals surface area contributed by atoms with E-state index in [1.807, 2.05) is 6.07 Å². The van der Waals surface area contributed by atoms with Gasteiger partial charge >= 0.3 is 110 Å². The van der Waals surface area contributed by atoms with Crippen LogP contribution in [0.2, 0.25) is 0 Å². The van der Waals surface area contributed by atoms with Crippen molar-refractivity contribution in [2.75, 3.05) is 7.11 Å². The van der Waals surface area contributed by atoms with Crippen molar-refractivity contribution in [1.82, 2.24) is 0 Å². The van der Waals surface area contributed by atoms with Crippen molar-refractivity contribution in [1.29, 1.82) is 0 Å². The van der Waals surface area contributed by atoms with E-state index in [2.05, 4.69) is 42.8 Å². The second-order valence-corrected chi connectivity index (χ2v) is 7.70. The summed E-state index contributed by atoms with van der Waals surface area (Å²) in [7, 11) is 3.89. The van der Waals surface area contributed by atoms with E-state index in [-0.39, 0.29) is 20.4 Å². The summed E-state index contributed by atoms with van der Waals surface area (Å²) < 4.78 is 10.7. The van der Waals surface area contributed by atoms with Gasteiger partial charge in [-0.05, 0) is 0 Å². The van der Waals surface area contributed by atoms with E-state index in [4.69, 9.17) is 4.74 Å². The van der Waals surface area contributed by atoms with Crippen molar-refractivity contribution >= 4 is 40.1 Å². The summed E-state index contributed by atoms with van der Waals surface area (Å²) in [6.45, 7) is 2.25. The average Bonchev–Trinajstić information content (AvgIpc) is 2.65. The first-order valence-electron chi connectivity index (χ1n) is 5.56.